The third kappa shape index (κ3) is 3.62. The Morgan fingerprint density at radius 2 is 1.96 bits per heavy atom. The molecule has 4 rings (SSSR count). The number of ether oxygens (including phenoxy) is 2. The Morgan fingerprint density at radius 1 is 1.17 bits per heavy atom. The fraction of sp³-hybridized carbons (Fsp3) is 0.611. The van der Waals surface area contributed by atoms with Gasteiger partial charge in [0.15, 0.2) is 11.5 Å². The summed E-state index contributed by atoms with van der Waals surface area (Å²) in [4.78, 5) is 12.4. The molecule has 3 atom stereocenters. The van der Waals surface area contributed by atoms with Gasteiger partial charge in [-0.25, -0.2) is 0 Å². The molecule has 132 valence electrons. The van der Waals surface area contributed by atoms with E-state index in [2.05, 4.69) is 10.6 Å². The van der Waals surface area contributed by atoms with Crippen molar-refractivity contribution >= 4 is 18.3 Å². The van der Waals surface area contributed by atoms with E-state index in [1.807, 2.05) is 18.2 Å². The van der Waals surface area contributed by atoms with Crippen molar-refractivity contribution in [3.8, 4) is 11.5 Å². The van der Waals surface area contributed by atoms with Crippen molar-refractivity contribution in [1.82, 2.24) is 10.6 Å². The van der Waals surface area contributed by atoms with E-state index in [0.29, 0.717) is 31.7 Å². The van der Waals surface area contributed by atoms with E-state index < -0.39 is 0 Å². The van der Waals surface area contributed by atoms with Crippen molar-refractivity contribution in [2.24, 2.45) is 5.92 Å². The molecule has 0 radical (unpaired) electrons. The van der Waals surface area contributed by atoms with Crippen molar-refractivity contribution in [3.63, 3.8) is 0 Å². The molecule has 6 heteroatoms. The van der Waals surface area contributed by atoms with E-state index in [0.717, 1.165) is 23.5 Å². The van der Waals surface area contributed by atoms with Gasteiger partial charge in [-0.15, -0.1) is 12.4 Å². The summed E-state index contributed by atoms with van der Waals surface area (Å²) in [6.07, 6.45) is 6.08. The molecule has 0 bridgehead atoms. The molecule has 2 aliphatic heterocycles. The maximum atomic E-state index is 12.4. The molecule has 2 heterocycles. The first-order valence-corrected chi connectivity index (χ1v) is 8.72. The van der Waals surface area contributed by atoms with Crippen molar-refractivity contribution in [2.75, 3.05) is 13.2 Å². The molecular formula is C18H25ClN2O3. The molecule has 0 aromatic heterocycles. The maximum Gasteiger partial charge on any atom is 0.237 e. The number of fused-ring (bicyclic) bond motifs is 2. The third-order valence-electron chi connectivity index (χ3n) is 5.25. The van der Waals surface area contributed by atoms with Crippen LogP contribution in [0, 0.1) is 5.92 Å². The number of nitrogens with one attached hydrogen (secondary N) is 2. The molecule has 1 amide bonds. The fourth-order valence-electron chi connectivity index (χ4n) is 4.03. The smallest absolute Gasteiger partial charge is 0.237 e. The number of carbonyl (C=O) groups is 1. The van der Waals surface area contributed by atoms with Crippen molar-refractivity contribution in [3.05, 3.63) is 23.8 Å². The lowest BCUT2D eigenvalue weighted by atomic mass is 9.85. The maximum absolute atomic E-state index is 12.4. The minimum atomic E-state index is -0.0275. The first-order valence-electron chi connectivity index (χ1n) is 8.72. The highest BCUT2D eigenvalue weighted by atomic mass is 35.5. The predicted octanol–water partition coefficient (Wildman–Crippen LogP) is 2.42. The zero-order valence-corrected chi connectivity index (χ0v) is 14.6. The summed E-state index contributed by atoms with van der Waals surface area (Å²) in [7, 11) is 0. The Labute approximate surface area is 148 Å². The van der Waals surface area contributed by atoms with Gasteiger partial charge in [0.2, 0.25) is 5.91 Å². The third-order valence-corrected chi connectivity index (χ3v) is 5.25. The number of hydrogen-bond donors (Lipinski definition) is 2. The van der Waals surface area contributed by atoms with Crippen LogP contribution >= 0.6 is 12.4 Å². The lowest BCUT2D eigenvalue weighted by molar-refractivity contribution is -0.123. The molecule has 2 N–H and O–H groups in total. The molecule has 1 aromatic carbocycles. The monoisotopic (exact) mass is 352 g/mol. The molecule has 2 fully saturated rings. The average molecular weight is 353 g/mol. The van der Waals surface area contributed by atoms with E-state index in [1.165, 1.54) is 25.7 Å². The van der Waals surface area contributed by atoms with Gasteiger partial charge < -0.3 is 20.1 Å². The van der Waals surface area contributed by atoms with Crippen LogP contribution in [0.4, 0.5) is 0 Å². The van der Waals surface area contributed by atoms with Crippen molar-refractivity contribution in [1.29, 1.82) is 0 Å². The summed E-state index contributed by atoms with van der Waals surface area (Å²) >= 11 is 0. The molecule has 1 saturated carbocycles. The van der Waals surface area contributed by atoms with Crippen LogP contribution in [0.15, 0.2) is 18.2 Å². The standard InChI is InChI=1S/C18H24N2O3.ClH/c21-18(15-10-13-3-1-2-4-14(13)20-15)19-11-12-5-6-16-17(9-12)23-8-7-22-16;/h5-6,9,13-15,20H,1-4,7-8,10-11H2,(H,19,21);1H. The quantitative estimate of drug-likeness (QED) is 0.877. The highest BCUT2D eigenvalue weighted by molar-refractivity contribution is 5.85. The lowest BCUT2D eigenvalue weighted by Gasteiger charge is -2.24. The lowest BCUT2D eigenvalue weighted by Crippen LogP contribution is -2.42. The molecule has 24 heavy (non-hydrogen) atoms. The van der Waals surface area contributed by atoms with Gasteiger partial charge in [0, 0.05) is 12.6 Å². The first kappa shape index (κ1) is 17.4. The summed E-state index contributed by atoms with van der Waals surface area (Å²) in [6.45, 7) is 1.71. The molecule has 3 aliphatic rings. The minimum absolute atomic E-state index is 0. The Hall–Kier alpha value is -1.46. The number of benzene rings is 1. The van der Waals surface area contributed by atoms with E-state index in [4.69, 9.17) is 9.47 Å². The Kier molecular flexibility index (Phi) is 5.51. The van der Waals surface area contributed by atoms with Gasteiger partial charge in [-0.3, -0.25) is 4.79 Å². The van der Waals surface area contributed by atoms with E-state index in [9.17, 15) is 4.79 Å². The summed E-state index contributed by atoms with van der Waals surface area (Å²) in [5.74, 6) is 2.36. The van der Waals surface area contributed by atoms with Crippen LogP contribution in [0.5, 0.6) is 11.5 Å². The normalized spacial score (nSPS) is 27.8. The van der Waals surface area contributed by atoms with Crippen LogP contribution < -0.4 is 20.1 Å². The van der Waals surface area contributed by atoms with Crippen LogP contribution in [0.1, 0.15) is 37.7 Å². The molecule has 5 nitrogen and oxygen atoms in total. The topological polar surface area (TPSA) is 59.6 Å². The van der Waals surface area contributed by atoms with Gasteiger partial charge in [0.25, 0.3) is 0 Å². The van der Waals surface area contributed by atoms with Crippen LogP contribution in [0.25, 0.3) is 0 Å². The van der Waals surface area contributed by atoms with Crippen LogP contribution in [0.3, 0.4) is 0 Å². The van der Waals surface area contributed by atoms with Crippen LogP contribution in [0.2, 0.25) is 0 Å². The molecule has 3 unspecified atom stereocenters. The summed E-state index contributed by atoms with van der Waals surface area (Å²) < 4.78 is 11.1. The second kappa shape index (κ2) is 7.62. The highest BCUT2D eigenvalue weighted by Crippen LogP contribution is 2.33. The van der Waals surface area contributed by atoms with Gasteiger partial charge in [-0.1, -0.05) is 18.9 Å². The van der Waals surface area contributed by atoms with Crippen LogP contribution in [-0.4, -0.2) is 31.2 Å². The first-order chi connectivity index (χ1) is 11.3. The van der Waals surface area contributed by atoms with Crippen LogP contribution in [-0.2, 0) is 11.3 Å². The molecule has 1 saturated heterocycles. The van der Waals surface area contributed by atoms with E-state index >= 15 is 0 Å². The fourth-order valence-corrected chi connectivity index (χ4v) is 4.03. The molecule has 0 spiro atoms. The Bertz CT molecular complexity index is 582. The van der Waals surface area contributed by atoms with E-state index in [-0.39, 0.29) is 24.4 Å². The number of amides is 1. The second-order valence-electron chi connectivity index (χ2n) is 6.80. The zero-order valence-electron chi connectivity index (χ0n) is 13.8. The second-order valence-corrected chi connectivity index (χ2v) is 6.80. The summed E-state index contributed by atoms with van der Waals surface area (Å²) in [5.41, 5.74) is 1.04. The summed E-state index contributed by atoms with van der Waals surface area (Å²) in [5, 5.41) is 6.58. The summed E-state index contributed by atoms with van der Waals surface area (Å²) in [6, 6.07) is 6.37. The van der Waals surface area contributed by atoms with E-state index in [1.54, 1.807) is 0 Å². The van der Waals surface area contributed by atoms with Gasteiger partial charge >= 0.3 is 0 Å². The number of carbonyl (C=O) groups excluding carboxylic acids is 1. The predicted molar refractivity (Wildman–Crippen MR) is 93.8 cm³/mol. The molecular weight excluding hydrogens is 328 g/mol. The molecule has 1 aromatic rings. The highest BCUT2D eigenvalue weighted by Gasteiger charge is 2.37. The van der Waals surface area contributed by atoms with Gasteiger partial charge in [-0.2, -0.15) is 0 Å². The van der Waals surface area contributed by atoms with Crippen molar-refractivity contribution < 1.29 is 14.3 Å². The van der Waals surface area contributed by atoms with Gasteiger partial charge in [-0.05, 0) is 42.9 Å². The SMILES string of the molecule is Cl.O=C(NCc1ccc2c(c1)OCCO2)C1CC2CCCCC2N1. The average Bonchev–Trinajstić information content (AvgIpc) is 3.04. The molecule has 1 aliphatic carbocycles. The van der Waals surface area contributed by atoms with Crippen molar-refractivity contribution in [2.45, 2.75) is 50.7 Å². The minimum Gasteiger partial charge on any atom is -0.486 e. The Balaban J connectivity index is 0.00000169. The Morgan fingerprint density at radius 3 is 2.79 bits per heavy atom. The zero-order chi connectivity index (χ0) is 15.6. The van der Waals surface area contributed by atoms with Gasteiger partial charge in [0.1, 0.15) is 13.2 Å². The number of hydrogen-bond acceptors (Lipinski definition) is 4. The largest absolute Gasteiger partial charge is 0.486 e. The number of rotatable bonds is 3. The number of halogens is 1. The van der Waals surface area contributed by atoms with Gasteiger partial charge in [0.05, 0.1) is 6.04 Å².